The molecule has 6 heteroatoms. The smallest absolute Gasteiger partial charge is 0.241 e. The van der Waals surface area contributed by atoms with Crippen molar-refractivity contribution in [2.45, 2.75) is 12.5 Å². The Morgan fingerprint density at radius 2 is 2.37 bits per heavy atom. The number of fused-ring (bicyclic) bond motifs is 1. The summed E-state index contributed by atoms with van der Waals surface area (Å²) in [7, 11) is 3.60. The summed E-state index contributed by atoms with van der Waals surface area (Å²) in [4.78, 5) is 8.55. The maximum absolute atomic E-state index is 5.91. The van der Waals surface area contributed by atoms with Crippen molar-refractivity contribution in [1.82, 2.24) is 19.9 Å². The highest BCUT2D eigenvalue weighted by Crippen LogP contribution is 2.30. The van der Waals surface area contributed by atoms with Gasteiger partial charge in [0, 0.05) is 32.0 Å². The van der Waals surface area contributed by atoms with E-state index in [-0.39, 0.29) is 6.10 Å². The number of methoxy groups -OCH3 is 1. The Morgan fingerprint density at radius 1 is 1.47 bits per heavy atom. The topological polar surface area (TPSA) is 61.2 Å². The Bertz CT molecular complexity index is 573. The molecule has 0 bridgehead atoms. The molecule has 3 rings (SSSR count). The third-order valence-electron chi connectivity index (χ3n) is 3.43. The minimum absolute atomic E-state index is 0.0332. The molecule has 0 amide bonds. The lowest BCUT2D eigenvalue weighted by Gasteiger charge is -2.13. The van der Waals surface area contributed by atoms with Crippen LogP contribution >= 0.6 is 0 Å². The van der Waals surface area contributed by atoms with E-state index in [4.69, 9.17) is 9.47 Å². The normalized spacial score (nSPS) is 20.4. The first-order valence-electron chi connectivity index (χ1n) is 6.47. The van der Waals surface area contributed by atoms with Crippen LogP contribution in [-0.2, 0) is 11.8 Å². The molecule has 19 heavy (non-hydrogen) atoms. The monoisotopic (exact) mass is 262 g/mol. The molecule has 3 heterocycles. The number of aryl methyl sites for hydroxylation is 1. The number of aromatic nitrogens is 3. The van der Waals surface area contributed by atoms with Crippen LogP contribution in [0, 0.1) is 0 Å². The van der Waals surface area contributed by atoms with Gasteiger partial charge < -0.3 is 19.4 Å². The molecule has 1 atom stereocenters. The van der Waals surface area contributed by atoms with Gasteiger partial charge in [-0.3, -0.25) is 0 Å². The molecule has 1 unspecified atom stereocenters. The van der Waals surface area contributed by atoms with Crippen molar-refractivity contribution < 1.29 is 9.47 Å². The molecule has 2 aromatic rings. The van der Waals surface area contributed by atoms with E-state index in [1.165, 1.54) is 6.33 Å². The Kier molecular flexibility index (Phi) is 3.35. The van der Waals surface area contributed by atoms with Crippen LogP contribution in [0.25, 0.3) is 11.0 Å². The molecule has 2 aromatic heterocycles. The second kappa shape index (κ2) is 5.14. The predicted molar refractivity (Wildman–Crippen MR) is 71.2 cm³/mol. The summed E-state index contributed by atoms with van der Waals surface area (Å²) in [5.74, 6) is 0.598. The number of hydrogen-bond donors (Lipinski definition) is 1. The zero-order valence-electron chi connectivity index (χ0n) is 11.2. The molecule has 0 aromatic carbocycles. The highest BCUT2D eigenvalue weighted by atomic mass is 16.5. The van der Waals surface area contributed by atoms with Crippen LogP contribution in [0.2, 0.25) is 0 Å². The van der Waals surface area contributed by atoms with E-state index >= 15 is 0 Å². The van der Waals surface area contributed by atoms with E-state index in [0.29, 0.717) is 5.88 Å². The quantitative estimate of drug-likeness (QED) is 0.876. The first-order valence-corrected chi connectivity index (χ1v) is 6.47. The molecule has 6 nitrogen and oxygen atoms in total. The average molecular weight is 262 g/mol. The standard InChI is InChI=1S/C13H18N4O2/c1-17-7-9(10-6-14-4-3-5-19-10)11-12(17)13(18-2)16-8-15-11/h7-8,10,14H,3-6H2,1-2H3. The molecule has 1 N–H and O–H groups in total. The Hall–Kier alpha value is -1.66. The molecule has 0 aliphatic carbocycles. The molecule has 1 saturated heterocycles. The lowest BCUT2D eigenvalue weighted by atomic mass is 10.1. The van der Waals surface area contributed by atoms with Gasteiger partial charge in [-0.25, -0.2) is 4.98 Å². The highest BCUT2D eigenvalue weighted by Gasteiger charge is 2.22. The largest absolute Gasteiger partial charge is 0.479 e. The van der Waals surface area contributed by atoms with Crippen LogP contribution < -0.4 is 10.1 Å². The van der Waals surface area contributed by atoms with Crippen molar-refractivity contribution >= 4 is 11.0 Å². The van der Waals surface area contributed by atoms with Gasteiger partial charge in [0.05, 0.1) is 13.2 Å². The fourth-order valence-corrected chi connectivity index (χ4v) is 2.53. The molecular formula is C13H18N4O2. The zero-order valence-corrected chi connectivity index (χ0v) is 11.2. The van der Waals surface area contributed by atoms with Gasteiger partial charge in [-0.15, -0.1) is 0 Å². The number of nitrogens with zero attached hydrogens (tertiary/aromatic N) is 3. The second-order valence-corrected chi connectivity index (χ2v) is 4.69. The Morgan fingerprint density at radius 3 is 3.21 bits per heavy atom. The van der Waals surface area contributed by atoms with Crippen molar-refractivity contribution in [3.05, 3.63) is 18.1 Å². The van der Waals surface area contributed by atoms with E-state index in [1.54, 1.807) is 7.11 Å². The summed E-state index contributed by atoms with van der Waals surface area (Å²) in [6.07, 6.45) is 4.67. The SMILES string of the molecule is COc1ncnc2c(C3CNCCCO3)cn(C)c12. The maximum Gasteiger partial charge on any atom is 0.241 e. The summed E-state index contributed by atoms with van der Waals surface area (Å²) in [5, 5.41) is 3.39. The summed E-state index contributed by atoms with van der Waals surface area (Å²) in [5.41, 5.74) is 2.91. The van der Waals surface area contributed by atoms with Crippen LogP contribution in [-0.4, -0.2) is 41.3 Å². The fraction of sp³-hybridized carbons (Fsp3) is 0.538. The van der Waals surface area contributed by atoms with Gasteiger partial charge in [0.1, 0.15) is 17.4 Å². The van der Waals surface area contributed by atoms with Gasteiger partial charge in [0.25, 0.3) is 0 Å². The minimum atomic E-state index is 0.0332. The maximum atomic E-state index is 5.91. The van der Waals surface area contributed by atoms with Crippen LogP contribution in [0.4, 0.5) is 0 Å². The van der Waals surface area contributed by atoms with Gasteiger partial charge in [-0.05, 0) is 13.0 Å². The molecule has 1 aliphatic heterocycles. The third kappa shape index (κ3) is 2.17. The predicted octanol–water partition coefficient (Wildman–Crippen LogP) is 1.03. The van der Waals surface area contributed by atoms with E-state index in [1.807, 2.05) is 11.6 Å². The number of nitrogens with one attached hydrogen (secondary N) is 1. The van der Waals surface area contributed by atoms with Crippen LogP contribution in [0.1, 0.15) is 18.1 Å². The Balaban J connectivity index is 2.08. The molecule has 0 saturated carbocycles. The van der Waals surface area contributed by atoms with E-state index in [0.717, 1.165) is 42.7 Å². The lowest BCUT2D eigenvalue weighted by Crippen LogP contribution is -2.20. The molecule has 102 valence electrons. The van der Waals surface area contributed by atoms with Crippen LogP contribution in [0.15, 0.2) is 12.5 Å². The Labute approximate surface area is 111 Å². The van der Waals surface area contributed by atoms with Gasteiger partial charge in [-0.2, -0.15) is 4.98 Å². The molecule has 0 spiro atoms. The van der Waals surface area contributed by atoms with E-state index < -0.39 is 0 Å². The van der Waals surface area contributed by atoms with Crippen molar-refractivity contribution in [3.8, 4) is 5.88 Å². The minimum Gasteiger partial charge on any atom is -0.479 e. The molecule has 0 radical (unpaired) electrons. The van der Waals surface area contributed by atoms with Gasteiger partial charge in [0.2, 0.25) is 5.88 Å². The van der Waals surface area contributed by atoms with Gasteiger partial charge in [-0.1, -0.05) is 0 Å². The summed E-state index contributed by atoms with van der Waals surface area (Å²) < 4.78 is 13.2. The lowest BCUT2D eigenvalue weighted by molar-refractivity contribution is 0.0677. The second-order valence-electron chi connectivity index (χ2n) is 4.69. The van der Waals surface area contributed by atoms with Crippen molar-refractivity contribution in [2.75, 3.05) is 26.8 Å². The molecular weight excluding hydrogens is 244 g/mol. The molecule has 1 fully saturated rings. The average Bonchev–Trinajstić information content (AvgIpc) is 2.65. The highest BCUT2D eigenvalue weighted by molar-refractivity contribution is 5.84. The number of rotatable bonds is 2. The zero-order chi connectivity index (χ0) is 13.2. The van der Waals surface area contributed by atoms with Gasteiger partial charge in [0.15, 0.2) is 0 Å². The number of ether oxygens (including phenoxy) is 2. The molecule has 1 aliphatic rings. The first kappa shape index (κ1) is 12.4. The van der Waals surface area contributed by atoms with Crippen LogP contribution in [0.5, 0.6) is 5.88 Å². The van der Waals surface area contributed by atoms with Crippen LogP contribution in [0.3, 0.4) is 0 Å². The van der Waals surface area contributed by atoms with Crippen molar-refractivity contribution in [2.24, 2.45) is 7.05 Å². The van der Waals surface area contributed by atoms with Crippen molar-refractivity contribution in [3.63, 3.8) is 0 Å². The summed E-state index contributed by atoms with van der Waals surface area (Å²) in [6.45, 7) is 2.58. The van der Waals surface area contributed by atoms with Gasteiger partial charge >= 0.3 is 0 Å². The third-order valence-corrected chi connectivity index (χ3v) is 3.43. The van der Waals surface area contributed by atoms with Crippen molar-refractivity contribution in [1.29, 1.82) is 0 Å². The first-order chi connectivity index (χ1) is 9.31. The van der Waals surface area contributed by atoms with E-state index in [2.05, 4.69) is 21.5 Å². The summed E-state index contributed by atoms with van der Waals surface area (Å²) >= 11 is 0. The fourth-order valence-electron chi connectivity index (χ4n) is 2.53. The number of hydrogen-bond acceptors (Lipinski definition) is 5. The summed E-state index contributed by atoms with van der Waals surface area (Å²) in [6, 6.07) is 0. The van der Waals surface area contributed by atoms with E-state index in [9.17, 15) is 0 Å².